The van der Waals surface area contributed by atoms with Gasteiger partial charge in [0.1, 0.15) is 18.2 Å². The minimum absolute atomic E-state index is 0.171. The summed E-state index contributed by atoms with van der Waals surface area (Å²) in [6.07, 6.45) is 0. The lowest BCUT2D eigenvalue weighted by molar-refractivity contribution is 0.286. The Balaban J connectivity index is 2.01. The number of sulfonamides is 1. The minimum Gasteiger partial charge on any atom is -0.492 e. The molecule has 0 bridgehead atoms. The molecule has 2 rings (SSSR count). The van der Waals surface area contributed by atoms with Gasteiger partial charge in [-0.1, -0.05) is 6.07 Å². The van der Waals surface area contributed by atoms with Crippen LogP contribution in [0.15, 0.2) is 51.8 Å². The Morgan fingerprint density at radius 1 is 1.17 bits per heavy atom. The van der Waals surface area contributed by atoms with Crippen LogP contribution >= 0.6 is 15.9 Å². The molecule has 0 spiro atoms. The molecule has 23 heavy (non-hydrogen) atoms. The number of hydrogen-bond acceptors (Lipinski definition) is 3. The van der Waals surface area contributed by atoms with Crippen molar-refractivity contribution in [1.82, 2.24) is 4.31 Å². The van der Waals surface area contributed by atoms with E-state index in [1.165, 1.54) is 35.6 Å². The lowest BCUT2D eigenvalue weighted by Gasteiger charge is -2.18. The van der Waals surface area contributed by atoms with Gasteiger partial charge >= 0.3 is 0 Å². The standard InChI is InChI=1S/C16H17BrFNO3S/c1-12-3-8-16(15(17)11-12)23(20,21)19(2)9-10-22-14-6-4-13(18)5-7-14/h3-8,11H,9-10H2,1-2H3. The van der Waals surface area contributed by atoms with Gasteiger partial charge in [-0.15, -0.1) is 0 Å². The maximum absolute atomic E-state index is 12.8. The maximum atomic E-state index is 12.8. The second-order valence-corrected chi connectivity index (χ2v) is 7.93. The van der Waals surface area contributed by atoms with Crippen molar-refractivity contribution in [2.75, 3.05) is 20.2 Å². The summed E-state index contributed by atoms with van der Waals surface area (Å²) >= 11 is 3.29. The Labute approximate surface area is 144 Å². The molecule has 7 heteroatoms. The van der Waals surface area contributed by atoms with E-state index >= 15 is 0 Å². The van der Waals surface area contributed by atoms with Crippen LogP contribution in [-0.4, -0.2) is 32.9 Å². The minimum atomic E-state index is -3.60. The van der Waals surface area contributed by atoms with Crippen molar-refractivity contribution >= 4 is 26.0 Å². The van der Waals surface area contributed by atoms with Gasteiger partial charge in [0.2, 0.25) is 10.0 Å². The van der Waals surface area contributed by atoms with Gasteiger partial charge in [0, 0.05) is 18.1 Å². The molecule has 0 radical (unpaired) electrons. The van der Waals surface area contributed by atoms with Crippen LogP contribution in [0.25, 0.3) is 0 Å². The molecular formula is C16H17BrFNO3S. The molecule has 0 aromatic heterocycles. The number of rotatable bonds is 6. The van der Waals surface area contributed by atoms with Gasteiger partial charge in [0.15, 0.2) is 0 Å². The Morgan fingerprint density at radius 3 is 2.43 bits per heavy atom. The fourth-order valence-electron chi connectivity index (χ4n) is 1.93. The molecule has 0 heterocycles. The summed E-state index contributed by atoms with van der Waals surface area (Å²) in [6.45, 7) is 2.24. The van der Waals surface area contributed by atoms with E-state index in [0.29, 0.717) is 10.2 Å². The molecule has 0 atom stereocenters. The van der Waals surface area contributed by atoms with Crippen molar-refractivity contribution in [2.24, 2.45) is 0 Å². The first-order valence-electron chi connectivity index (χ1n) is 6.91. The average Bonchev–Trinajstić information content (AvgIpc) is 2.48. The van der Waals surface area contributed by atoms with E-state index in [2.05, 4.69) is 15.9 Å². The summed E-state index contributed by atoms with van der Waals surface area (Å²) in [5.74, 6) is 0.148. The quantitative estimate of drug-likeness (QED) is 0.742. The van der Waals surface area contributed by atoms with Crippen LogP contribution in [0.4, 0.5) is 4.39 Å². The van der Waals surface area contributed by atoms with Crippen molar-refractivity contribution in [1.29, 1.82) is 0 Å². The van der Waals surface area contributed by atoms with Gasteiger partial charge in [-0.3, -0.25) is 0 Å². The van der Waals surface area contributed by atoms with E-state index in [-0.39, 0.29) is 23.9 Å². The van der Waals surface area contributed by atoms with E-state index in [9.17, 15) is 12.8 Å². The molecule has 124 valence electrons. The lowest BCUT2D eigenvalue weighted by atomic mass is 10.2. The molecule has 0 unspecified atom stereocenters. The number of ether oxygens (including phenoxy) is 1. The van der Waals surface area contributed by atoms with Crippen LogP contribution in [0.3, 0.4) is 0 Å². The molecule has 0 saturated carbocycles. The largest absolute Gasteiger partial charge is 0.492 e. The van der Waals surface area contributed by atoms with Crippen molar-refractivity contribution in [3.05, 3.63) is 58.3 Å². The van der Waals surface area contributed by atoms with Gasteiger partial charge in [-0.2, -0.15) is 4.31 Å². The first kappa shape index (κ1) is 17.9. The predicted octanol–water partition coefficient (Wildman–Crippen LogP) is 3.60. The first-order chi connectivity index (χ1) is 10.8. The summed E-state index contributed by atoms with van der Waals surface area (Å²) in [7, 11) is -2.11. The summed E-state index contributed by atoms with van der Waals surface area (Å²) in [6, 6.07) is 10.7. The van der Waals surface area contributed by atoms with Crippen molar-refractivity contribution in [3.63, 3.8) is 0 Å². The highest BCUT2D eigenvalue weighted by Crippen LogP contribution is 2.25. The van der Waals surface area contributed by atoms with Gasteiger partial charge in [-0.05, 0) is 64.8 Å². The second-order valence-electron chi connectivity index (χ2n) is 5.06. The molecule has 0 N–H and O–H groups in total. The molecule has 2 aromatic carbocycles. The molecule has 0 fully saturated rings. The van der Waals surface area contributed by atoms with Gasteiger partial charge in [-0.25, -0.2) is 12.8 Å². The molecule has 0 aliphatic carbocycles. The zero-order chi connectivity index (χ0) is 17.0. The van der Waals surface area contributed by atoms with Crippen molar-refractivity contribution < 1.29 is 17.5 Å². The van der Waals surface area contributed by atoms with Crippen molar-refractivity contribution in [3.8, 4) is 5.75 Å². The van der Waals surface area contributed by atoms with Gasteiger partial charge in [0.25, 0.3) is 0 Å². The van der Waals surface area contributed by atoms with Crippen LogP contribution in [0.5, 0.6) is 5.75 Å². The fraction of sp³-hybridized carbons (Fsp3) is 0.250. The number of benzene rings is 2. The van der Waals surface area contributed by atoms with E-state index in [0.717, 1.165) is 5.56 Å². The van der Waals surface area contributed by atoms with Crippen LogP contribution in [0.2, 0.25) is 0 Å². The topological polar surface area (TPSA) is 46.6 Å². The van der Waals surface area contributed by atoms with E-state index < -0.39 is 10.0 Å². The number of likely N-dealkylation sites (N-methyl/N-ethyl adjacent to an activating group) is 1. The maximum Gasteiger partial charge on any atom is 0.244 e. The molecule has 0 aliphatic rings. The number of halogens is 2. The normalized spacial score (nSPS) is 11.7. The van der Waals surface area contributed by atoms with Gasteiger partial charge < -0.3 is 4.74 Å². The molecule has 0 amide bonds. The fourth-order valence-corrected chi connectivity index (χ4v) is 4.23. The molecule has 0 saturated heterocycles. The van der Waals surface area contributed by atoms with Crippen LogP contribution in [0.1, 0.15) is 5.56 Å². The summed E-state index contributed by atoms with van der Waals surface area (Å²) < 4.78 is 45.1. The number of nitrogens with zero attached hydrogens (tertiary/aromatic N) is 1. The summed E-state index contributed by atoms with van der Waals surface area (Å²) in [5.41, 5.74) is 0.970. The molecule has 4 nitrogen and oxygen atoms in total. The summed E-state index contributed by atoms with van der Waals surface area (Å²) in [5, 5.41) is 0. The third-order valence-electron chi connectivity index (χ3n) is 3.26. The highest BCUT2D eigenvalue weighted by molar-refractivity contribution is 9.10. The third-order valence-corrected chi connectivity index (χ3v) is 6.10. The molecule has 0 aliphatic heterocycles. The highest BCUT2D eigenvalue weighted by Gasteiger charge is 2.23. The van der Waals surface area contributed by atoms with E-state index in [1.54, 1.807) is 18.2 Å². The highest BCUT2D eigenvalue weighted by atomic mass is 79.9. The first-order valence-corrected chi connectivity index (χ1v) is 9.15. The Bertz CT molecular complexity index is 778. The molecular weight excluding hydrogens is 385 g/mol. The van der Waals surface area contributed by atoms with E-state index in [1.807, 2.05) is 6.92 Å². The third kappa shape index (κ3) is 4.53. The Hall–Kier alpha value is -1.44. The average molecular weight is 402 g/mol. The zero-order valence-electron chi connectivity index (χ0n) is 12.8. The monoisotopic (exact) mass is 401 g/mol. The number of hydrogen-bond donors (Lipinski definition) is 0. The second kappa shape index (κ2) is 7.42. The SMILES string of the molecule is Cc1ccc(S(=O)(=O)N(C)CCOc2ccc(F)cc2)c(Br)c1. The smallest absolute Gasteiger partial charge is 0.244 e. The summed E-state index contributed by atoms with van der Waals surface area (Å²) in [4.78, 5) is 0.215. The predicted molar refractivity (Wildman–Crippen MR) is 90.6 cm³/mol. The molecule has 2 aromatic rings. The van der Waals surface area contributed by atoms with Crippen LogP contribution in [0, 0.1) is 12.7 Å². The van der Waals surface area contributed by atoms with E-state index in [4.69, 9.17) is 4.74 Å². The van der Waals surface area contributed by atoms with Crippen LogP contribution < -0.4 is 4.74 Å². The van der Waals surface area contributed by atoms with Crippen molar-refractivity contribution in [2.45, 2.75) is 11.8 Å². The van der Waals surface area contributed by atoms with Crippen LogP contribution in [-0.2, 0) is 10.0 Å². The lowest BCUT2D eigenvalue weighted by Crippen LogP contribution is -2.31. The zero-order valence-corrected chi connectivity index (χ0v) is 15.2. The van der Waals surface area contributed by atoms with Gasteiger partial charge in [0.05, 0.1) is 4.90 Å². The number of aryl methyl sites for hydroxylation is 1. The Kier molecular flexibility index (Phi) is 5.78. The Morgan fingerprint density at radius 2 is 1.83 bits per heavy atom.